The SMILES string of the molecule is COC(=O)[C@@H](N)c1cc(OC)c(OC)c(OC)c1. The summed E-state index contributed by atoms with van der Waals surface area (Å²) in [5.41, 5.74) is 6.29. The third-order valence-corrected chi connectivity index (χ3v) is 2.50. The van der Waals surface area contributed by atoms with Crippen molar-refractivity contribution in [3.8, 4) is 17.2 Å². The highest BCUT2D eigenvalue weighted by Gasteiger charge is 2.21. The average Bonchev–Trinajstić information content (AvgIpc) is 2.43. The molecule has 0 saturated heterocycles. The molecule has 0 aliphatic carbocycles. The molecule has 0 heterocycles. The summed E-state index contributed by atoms with van der Waals surface area (Å²) >= 11 is 0. The first-order valence-electron chi connectivity index (χ1n) is 5.22. The highest BCUT2D eigenvalue weighted by molar-refractivity contribution is 5.78. The van der Waals surface area contributed by atoms with Crippen molar-refractivity contribution in [2.75, 3.05) is 28.4 Å². The standard InChI is InChI=1S/C12H17NO5/c1-15-8-5-7(10(13)12(14)18-4)6-9(16-2)11(8)17-3/h5-6,10H,13H2,1-4H3/t10-/m0/s1. The molecule has 1 atom stereocenters. The Balaban J connectivity index is 3.27. The number of hydrogen-bond acceptors (Lipinski definition) is 6. The van der Waals surface area contributed by atoms with E-state index in [0.29, 0.717) is 22.8 Å². The maximum atomic E-state index is 11.4. The molecule has 6 heteroatoms. The smallest absolute Gasteiger partial charge is 0.327 e. The molecule has 1 aromatic rings. The summed E-state index contributed by atoms with van der Waals surface area (Å²) in [6.45, 7) is 0. The second-order valence-corrected chi connectivity index (χ2v) is 3.46. The van der Waals surface area contributed by atoms with Gasteiger partial charge in [-0.3, -0.25) is 4.79 Å². The summed E-state index contributed by atoms with van der Waals surface area (Å²) in [6.07, 6.45) is 0. The largest absolute Gasteiger partial charge is 0.493 e. The second-order valence-electron chi connectivity index (χ2n) is 3.46. The van der Waals surface area contributed by atoms with Crippen LogP contribution in [0.25, 0.3) is 0 Å². The topological polar surface area (TPSA) is 80.0 Å². The molecule has 100 valence electrons. The van der Waals surface area contributed by atoms with Crippen LogP contribution in [0, 0.1) is 0 Å². The zero-order valence-electron chi connectivity index (χ0n) is 10.9. The van der Waals surface area contributed by atoms with E-state index in [-0.39, 0.29) is 0 Å². The molecule has 1 aromatic carbocycles. The number of methoxy groups -OCH3 is 4. The fraction of sp³-hybridized carbons (Fsp3) is 0.417. The summed E-state index contributed by atoms with van der Waals surface area (Å²) in [5.74, 6) is 0.780. The third kappa shape index (κ3) is 2.65. The average molecular weight is 255 g/mol. The molecule has 6 nitrogen and oxygen atoms in total. The minimum Gasteiger partial charge on any atom is -0.493 e. The summed E-state index contributed by atoms with van der Waals surface area (Å²) in [5, 5.41) is 0. The highest BCUT2D eigenvalue weighted by atomic mass is 16.5. The Hall–Kier alpha value is -1.95. The van der Waals surface area contributed by atoms with E-state index in [1.165, 1.54) is 28.4 Å². The molecule has 0 unspecified atom stereocenters. The first-order valence-corrected chi connectivity index (χ1v) is 5.22. The van der Waals surface area contributed by atoms with E-state index in [0.717, 1.165) is 0 Å². The molecule has 0 aliphatic rings. The van der Waals surface area contributed by atoms with Crippen molar-refractivity contribution in [3.63, 3.8) is 0 Å². The number of esters is 1. The van der Waals surface area contributed by atoms with Gasteiger partial charge >= 0.3 is 5.97 Å². The first kappa shape index (κ1) is 14.1. The van der Waals surface area contributed by atoms with Gasteiger partial charge in [0.1, 0.15) is 6.04 Å². The Morgan fingerprint density at radius 3 is 1.89 bits per heavy atom. The van der Waals surface area contributed by atoms with Gasteiger partial charge in [-0.1, -0.05) is 0 Å². The molecule has 0 spiro atoms. The number of carbonyl (C=O) groups is 1. The number of rotatable bonds is 5. The molecular weight excluding hydrogens is 238 g/mol. The Kier molecular flexibility index (Phi) is 4.79. The van der Waals surface area contributed by atoms with Crippen molar-refractivity contribution in [1.29, 1.82) is 0 Å². The Morgan fingerprint density at radius 1 is 1.06 bits per heavy atom. The lowest BCUT2D eigenvalue weighted by atomic mass is 10.1. The van der Waals surface area contributed by atoms with E-state index < -0.39 is 12.0 Å². The van der Waals surface area contributed by atoms with E-state index >= 15 is 0 Å². The van der Waals surface area contributed by atoms with Crippen molar-refractivity contribution < 1.29 is 23.7 Å². The van der Waals surface area contributed by atoms with Crippen LogP contribution in [-0.2, 0) is 9.53 Å². The van der Waals surface area contributed by atoms with Crippen LogP contribution in [0.1, 0.15) is 11.6 Å². The van der Waals surface area contributed by atoms with Crippen LogP contribution in [0.2, 0.25) is 0 Å². The van der Waals surface area contributed by atoms with Crippen molar-refractivity contribution >= 4 is 5.97 Å². The Labute approximate surface area is 106 Å². The third-order valence-electron chi connectivity index (χ3n) is 2.50. The van der Waals surface area contributed by atoms with Crippen molar-refractivity contribution in [3.05, 3.63) is 17.7 Å². The van der Waals surface area contributed by atoms with Gasteiger partial charge in [-0.15, -0.1) is 0 Å². The maximum absolute atomic E-state index is 11.4. The Morgan fingerprint density at radius 2 is 1.56 bits per heavy atom. The van der Waals surface area contributed by atoms with Crippen LogP contribution >= 0.6 is 0 Å². The van der Waals surface area contributed by atoms with Gasteiger partial charge in [-0.05, 0) is 17.7 Å². The van der Waals surface area contributed by atoms with E-state index in [1.54, 1.807) is 12.1 Å². The minimum absolute atomic E-state index is 0.436. The quantitative estimate of drug-likeness (QED) is 0.787. The fourth-order valence-electron chi connectivity index (χ4n) is 1.54. The lowest BCUT2D eigenvalue weighted by Crippen LogP contribution is -2.22. The zero-order valence-corrected chi connectivity index (χ0v) is 10.9. The number of nitrogens with two attached hydrogens (primary N) is 1. The molecule has 0 saturated carbocycles. The van der Waals surface area contributed by atoms with E-state index in [1.807, 2.05) is 0 Å². The summed E-state index contributed by atoms with van der Waals surface area (Å²) in [7, 11) is 5.76. The van der Waals surface area contributed by atoms with Crippen LogP contribution < -0.4 is 19.9 Å². The van der Waals surface area contributed by atoms with Gasteiger partial charge in [0, 0.05) is 0 Å². The van der Waals surface area contributed by atoms with Gasteiger partial charge in [0.15, 0.2) is 11.5 Å². The van der Waals surface area contributed by atoms with Gasteiger partial charge in [0.05, 0.1) is 28.4 Å². The number of benzene rings is 1. The molecular formula is C12H17NO5. The number of ether oxygens (including phenoxy) is 4. The van der Waals surface area contributed by atoms with E-state index in [2.05, 4.69) is 4.74 Å². The van der Waals surface area contributed by atoms with E-state index in [4.69, 9.17) is 19.9 Å². The molecule has 2 N–H and O–H groups in total. The van der Waals surface area contributed by atoms with Crippen LogP contribution in [0.15, 0.2) is 12.1 Å². The summed E-state index contributed by atoms with van der Waals surface area (Å²) in [4.78, 5) is 11.4. The molecule has 0 radical (unpaired) electrons. The molecule has 0 amide bonds. The van der Waals surface area contributed by atoms with Crippen LogP contribution in [0.4, 0.5) is 0 Å². The van der Waals surface area contributed by atoms with Crippen molar-refractivity contribution in [1.82, 2.24) is 0 Å². The summed E-state index contributed by atoms with van der Waals surface area (Å²) < 4.78 is 20.1. The molecule has 0 aliphatic heterocycles. The minimum atomic E-state index is -0.899. The second kappa shape index (κ2) is 6.11. The van der Waals surface area contributed by atoms with Crippen LogP contribution in [-0.4, -0.2) is 34.4 Å². The number of carbonyl (C=O) groups excluding carboxylic acids is 1. The highest BCUT2D eigenvalue weighted by Crippen LogP contribution is 2.39. The van der Waals surface area contributed by atoms with Gasteiger partial charge in [-0.2, -0.15) is 0 Å². The van der Waals surface area contributed by atoms with Crippen LogP contribution in [0.5, 0.6) is 17.2 Å². The molecule has 1 rings (SSSR count). The van der Waals surface area contributed by atoms with Gasteiger partial charge in [-0.25, -0.2) is 0 Å². The fourth-order valence-corrected chi connectivity index (χ4v) is 1.54. The molecule has 0 fully saturated rings. The summed E-state index contributed by atoms with van der Waals surface area (Å²) in [6, 6.07) is 2.33. The van der Waals surface area contributed by atoms with Crippen LogP contribution in [0.3, 0.4) is 0 Å². The van der Waals surface area contributed by atoms with Crippen molar-refractivity contribution in [2.24, 2.45) is 5.73 Å². The monoisotopic (exact) mass is 255 g/mol. The van der Waals surface area contributed by atoms with Gasteiger partial charge in [0.2, 0.25) is 5.75 Å². The normalized spacial score (nSPS) is 11.6. The van der Waals surface area contributed by atoms with E-state index in [9.17, 15) is 4.79 Å². The molecule has 18 heavy (non-hydrogen) atoms. The predicted molar refractivity (Wildman–Crippen MR) is 65.0 cm³/mol. The van der Waals surface area contributed by atoms with Gasteiger partial charge < -0.3 is 24.7 Å². The first-order chi connectivity index (χ1) is 8.58. The Bertz CT molecular complexity index is 407. The molecule has 0 aromatic heterocycles. The predicted octanol–water partition coefficient (Wildman–Crippen LogP) is 0.885. The van der Waals surface area contributed by atoms with Crippen molar-refractivity contribution in [2.45, 2.75) is 6.04 Å². The lowest BCUT2D eigenvalue weighted by Gasteiger charge is -2.16. The zero-order chi connectivity index (χ0) is 13.7. The van der Waals surface area contributed by atoms with Gasteiger partial charge in [0.25, 0.3) is 0 Å². The number of hydrogen-bond donors (Lipinski definition) is 1. The molecule has 0 bridgehead atoms. The maximum Gasteiger partial charge on any atom is 0.327 e. The lowest BCUT2D eigenvalue weighted by molar-refractivity contribution is -0.142.